The fraction of sp³-hybridized carbons (Fsp3) is 0.600. The summed E-state index contributed by atoms with van der Waals surface area (Å²) >= 11 is 0. The molecule has 1 N–H and O–H groups in total. The van der Waals surface area contributed by atoms with Gasteiger partial charge in [0.15, 0.2) is 0 Å². The molecule has 0 radical (unpaired) electrons. The number of rotatable bonds is 5. The van der Waals surface area contributed by atoms with Crippen LogP contribution >= 0.6 is 0 Å². The maximum absolute atomic E-state index is 12.8. The first kappa shape index (κ1) is 15.3. The van der Waals surface area contributed by atoms with Crippen LogP contribution in [0.25, 0.3) is 0 Å². The van der Waals surface area contributed by atoms with Crippen molar-refractivity contribution in [1.82, 2.24) is 5.32 Å². The monoisotopic (exact) mass is 287 g/mol. The molecule has 0 spiro atoms. The summed E-state index contributed by atoms with van der Waals surface area (Å²) in [6.07, 6.45) is -1.52. The van der Waals surface area contributed by atoms with E-state index >= 15 is 0 Å². The lowest BCUT2D eigenvalue weighted by Crippen LogP contribution is -2.50. The number of hydrogen-bond donors (Lipinski definition) is 1. The van der Waals surface area contributed by atoms with E-state index in [9.17, 15) is 13.2 Å². The van der Waals surface area contributed by atoms with Crippen molar-refractivity contribution in [3.63, 3.8) is 0 Å². The Balaban J connectivity index is 2.35. The summed E-state index contributed by atoms with van der Waals surface area (Å²) in [5.74, 6) is 0. The molecule has 0 amide bonds. The van der Waals surface area contributed by atoms with Gasteiger partial charge in [-0.3, -0.25) is 0 Å². The van der Waals surface area contributed by atoms with Crippen molar-refractivity contribution in [2.75, 3.05) is 13.7 Å². The van der Waals surface area contributed by atoms with Gasteiger partial charge in [0, 0.05) is 7.11 Å². The highest BCUT2D eigenvalue weighted by atomic mass is 19.4. The third-order valence-corrected chi connectivity index (χ3v) is 4.09. The van der Waals surface area contributed by atoms with Crippen molar-refractivity contribution in [3.8, 4) is 0 Å². The quantitative estimate of drug-likeness (QED) is 0.886. The number of benzene rings is 1. The fourth-order valence-corrected chi connectivity index (χ4v) is 2.84. The number of alkyl halides is 3. The molecule has 1 saturated carbocycles. The first-order valence-corrected chi connectivity index (χ1v) is 6.88. The molecule has 1 fully saturated rings. The van der Waals surface area contributed by atoms with Crippen molar-refractivity contribution in [3.05, 3.63) is 35.4 Å². The van der Waals surface area contributed by atoms with E-state index in [1.54, 1.807) is 13.2 Å². The number of ether oxygens (including phenoxy) is 1. The Morgan fingerprint density at radius 2 is 2.05 bits per heavy atom. The minimum absolute atomic E-state index is 0.200. The van der Waals surface area contributed by atoms with Gasteiger partial charge in [-0.2, -0.15) is 13.2 Å². The standard InChI is InChI=1S/C15H20F3NO/c1-3-19-13(14(20-2)8-5-9-14)11-6-4-7-12(10-11)15(16,17)18/h4,6-7,10,13,19H,3,5,8-9H2,1-2H3. The van der Waals surface area contributed by atoms with Gasteiger partial charge in [0.25, 0.3) is 0 Å². The van der Waals surface area contributed by atoms with Gasteiger partial charge in [-0.15, -0.1) is 0 Å². The Morgan fingerprint density at radius 1 is 1.35 bits per heavy atom. The first-order chi connectivity index (χ1) is 9.43. The fourth-order valence-electron chi connectivity index (χ4n) is 2.84. The number of hydrogen-bond acceptors (Lipinski definition) is 2. The van der Waals surface area contributed by atoms with Gasteiger partial charge in [0.2, 0.25) is 0 Å². The van der Waals surface area contributed by atoms with Crippen LogP contribution in [0.2, 0.25) is 0 Å². The third kappa shape index (κ3) is 2.83. The molecule has 2 rings (SSSR count). The largest absolute Gasteiger partial charge is 0.416 e. The molecular weight excluding hydrogens is 267 g/mol. The number of likely N-dealkylation sites (N-methyl/N-ethyl adjacent to an activating group) is 1. The van der Waals surface area contributed by atoms with E-state index in [0.717, 1.165) is 25.3 Å². The molecule has 0 bridgehead atoms. The molecule has 1 aliphatic rings. The van der Waals surface area contributed by atoms with Gasteiger partial charge >= 0.3 is 6.18 Å². The summed E-state index contributed by atoms with van der Waals surface area (Å²) in [6.45, 7) is 2.63. The molecule has 0 saturated heterocycles. The van der Waals surface area contributed by atoms with Crippen LogP contribution in [0.4, 0.5) is 13.2 Å². The zero-order chi connectivity index (χ0) is 14.8. The van der Waals surface area contributed by atoms with Crippen LogP contribution < -0.4 is 5.32 Å². The Kier molecular flexibility index (Phi) is 4.39. The van der Waals surface area contributed by atoms with Gasteiger partial charge < -0.3 is 10.1 Å². The molecule has 112 valence electrons. The van der Waals surface area contributed by atoms with Crippen molar-refractivity contribution < 1.29 is 17.9 Å². The van der Waals surface area contributed by atoms with E-state index in [-0.39, 0.29) is 11.6 Å². The van der Waals surface area contributed by atoms with Crippen LogP contribution in [0.15, 0.2) is 24.3 Å². The zero-order valence-corrected chi connectivity index (χ0v) is 11.8. The molecule has 0 heterocycles. The first-order valence-electron chi connectivity index (χ1n) is 6.88. The van der Waals surface area contributed by atoms with Crippen LogP contribution in [-0.4, -0.2) is 19.3 Å². The topological polar surface area (TPSA) is 21.3 Å². The normalized spacial score (nSPS) is 19.4. The molecule has 1 unspecified atom stereocenters. The van der Waals surface area contributed by atoms with Gasteiger partial charge in [-0.1, -0.05) is 19.1 Å². The third-order valence-electron chi connectivity index (χ3n) is 4.09. The summed E-state index contributed by atoms with van der Waals surface area (Å²) < 4.78 is 44.1. The van der Waals surface area contributed by atoms with Crippen LogP contribution in [0.5, 0.6) is 0 Å². The molecule has 2 nitrogen and oxygen atoms in total. The lowest BCUT2D eigenvalue weighted by atomic mass is 9.72. The molecule has 0 aromatic heterocycles. The smallest absolute Gasteiger partial charge is 0.376 e. The highest BCUT2D eigenvalue weighted by molar-refractivity contribution is 5.30. The Morgan fingerprint density at radius 3 is 2.50 bits per heavy atom. The van der Waals surface area contributed by atoms with E-state index in [0.29, 0.717) is 12.1 Å². The van der Waals surface area contributed by atoms with Gasteiger partial charge in [-0.25, -0.2) is 0 Å². The summed E-state index contributed by atoms with van der Waals surface area (Å²) in [4.78, 5) is 0. The highest BCUT2D eigenvalue weighted by Gasteiger charge is 2.45. The number of halogens is 3. The van der Waals surface area contributed by atoms with Crippen molar-refractivity contribution in [2.24, 2.45) is 0 Å². The summed E-state index contributed by atoms with van der Waals surface area (Å²) in [5, 5.41) is 3.28. The molecule has 0 aliphatic heterocycles. The molecular formula is C15H20F3NO. The van der Waals surface area contributed by atoms with E-state index in [4.69, 9.17) is 4.74 Å². The van der Waals surface area contributed by atoms with Crippen molar-refractivity contribution >= 4 is 0 Å². The number of methoxy groups -OCH3 is 1. The van der Waals surface area contributed by atoms with Crippen LogP contribution in [0, 0.1) is 0 Å². The van der Waals surface area contributed by atoms with Crippen molar-refractivity contribution in [1.29, 1.82) is 0 Å². The lowest BCUT2D eigenvalue weighted by molar-refractivity contribution is -0.137. The minimum Gasteiger partial charge on any atom is -0.376 e. The molecule has 1 aromatic rings. The predicted molar refractivity (Wildman–Crippen MR) is 71.5 cm³/mol. The van der Waals surface area contributed by atoms with Gasteiger partial charge in [0.1, 0.15) is 0 Å². The van der Waals surface area contributed by atoms with E-state index in [1.165, 1.54) is 12.1 Å². The van der Waals surface area contributed by atoms with Crippen LogP contribution in [-0.2, 0) is 10.9 Å². The SMILES string of the molecule is CCNC(c1cccc(C(F)(F)F)c1)C1(OC)CCC1. The summed E-state index contributed by atoms with van der Waals surface area (Å²) in [6, 6.07) is 5.33. The van der Waals surface area contributed by atoms with E-state index in [2.05, 4.69) is 5.32 Å². The molecule has 1 atom stereocenters. The Labute approximate surface area is 117 Å². The van der Waals surface area contributed by atoms with Crippen LogP contribution in [0.3, 0.4) is 0 Å². The maximum Gasteiger partial charge on any atom is 0.416 e. The molecule has 1 aliphatic carbocycles. The predicted octanol–water partition coefficient (Wildman–Crippen LogP) is 3.93. The second-order valence-electron chi connectivity index (χ2n) is 5.24. The lowest BCUT2D eigenvalue weighted by Gasteiger charge is -2.47. The molecule has 20 heavy (non-hydrogen) atoms. The highest BCUT2D eigenvalue weighted by Crippen LogP contribution is 2.45. The second kappa shape index (κ2) is 5.74. The Hall–Kier alpha value is -1.07. The average molecular weight is 287 g/mol. The summed E-state index contributed by atoms with van der Waals surface area (Å²) in [5.41, 5.74) is -0.341. The Bertz CT molecular complexity index is 449. The van der Waals surface area contributed by atoms with Crippen LogP contribution in [0.1, 0.15) is 43.4 Å². The summed E-state index contributed by atoms with van der Waals surface area (Å²) in [7, 11) is 1.64. The second-order valence-corrected chi connectivity index (χ2v) is 5.24. The minimum atomic E-state index is -4.31. The zero-order valence-electron chi connectivity index (χ0n) is 11.8. The van der Waals surface area contributed by atoms with E-state index < -0.39 is 11.7 Å². The van der Waals surface area contributed by atoms with E-state index in [1.807, 2.05) is 6.92 Å². The average Bonchev–Trinajstić information content (AvgIpc) is 2.36. The van der Waals surface area contributed by atoms with Gasteiger partial charge in [0.05, 0.1) is 17.2 Å². The van der Waals surface area contributed by atoms with Crippen molar-refractivity contribution in [2.45, 2.75) is 44.0 Å². The molecule has 1 aromatic carbocycles. The molecule has 5 heteroatoms. The number of nitrogens with one attached hydrogen (secondary N) is 1. The van der Waals surface area contributed by atoms with Gasteiger partial charge in [-0.05, 0) is 43.5 Å². The maximum atomic E-state index is 12.8.